The normalized spacial score (nSPS) is 11.2. The van der Waals surface area contributed by atoms with Crippen molar-refractivity contribution in [3.05, 3.63) is 59.3 Å². The Hall–Kier alpha value is -3.13. The van der Waals surface area contributed by atoms with Gasteiger partial charge in [-0.2, -0.15) is 5.26 Å². The van der Waals surface area contributed by atoms with Gasteiger partial charge in [-0.1, -0.05) is 12.1 Å². The van der Waals surface area contributed by atoms with Gasteiger partial charge in [0.15, 0.2) is 0 Å². The molecule has 0 fully saturated rings. The molecule has 0 bridgehead atoms. The first-order valence-corrected chi connectivity index (χ1v) is 6.90. The summed E-state index contributed by atoms with van der Waals surface area (Å²) in [5.41, 5.74) is 8.16. The van der Waals surface area contributed by atoms with Crippen LogP contribution in [0.2, 0.25) is 0 Å². The van der Waals surface area contributed by atoms with Crippen LogP contribution in [0.3, 0.4) is 0 Å². The summed E-state index contributed by atoms with van der Waals surface area (Å²) in [5, 5.41) is 9.28. The van der Waals surface area contributed by atoms with E-state index in [1.54, 1.807) is 27.4 Å². The SMILES string of the molecule is COc1cccc(/C(=C(/N)C#N)c2cc(OC)cc(OC)c2)c1. The van der Waals surface area contributed by atoms with E-state index in [1.807, 2.05) is 42.5 Å². The van der Waals surface area contributed by atoms with Crippen molar-refractivity contribution in [1.82, 2.24) is 0 Å². The van der Waals surface area contributed by atoms with E-state index >= 15 is 0 Å². The smallest absolute Gasteiger partial charge is 0.123 e. The average Bonchev–Trinajstić information content (AvgIpc) is 2.61. The highest BCUT2D eigenvalue weighted by atomic mass is 16.5. The summed E-state index contributed by atoms with van der Waals surface area (Å²) in [6, 6.07) is 14.7. The lowest BCUT2D eigenvalue weighted by atomic mass is 9.95. The molecule has 5 heteroatoms. The van der Waals surface area contributed by atoms with E-state index in [4.69, 9.17) is 19.9 Å². The number of hydrogen-bond donors (Lipinski definition) is 1. The van der Waals surface area contributed by atoms with Crippen molar-refractivity contribution in [2.45, 2.75) is 0 Å². The summed E-state index contributed by atoms with van der Waals surface area (Å²) in [7, 11) is 4.73. The Kier molecular flexibility index (Phi) is 5.11. The monoisotopic (exact) mass is 310 g/mol. The molecular weight excluding hydrogens is 292 g/mol. The molecule has 0 aliphatic rings. The predicted octanol–water partition coefficient (Wildman–Crippen LogP) is 2.95. The van der Waals surface area contributed by atoms with Gasteiger partial charge in [-0.3, -0.25) is 0 Å². The van der Waals surface area contributed by atoms with Crippen LogP contribution < -0.4 is 19.9 Å². The fourth-order valence-corrected chi connectivity index (χ4v) is 2.26. The number of hydrogen-bond acceptors (Lipinski definition) is 5. The van der Waals surface area contributed by atoms with E-state index in [-0.39, 0.29) is 5.70 Å². The fraction of sp³-hybridized carbons (Fsp3) is 0.167. The zero-order chi connectivity index (χ0) is 16.8. The number of allylic oxidation sites excluding steroid dienone is 1. The number of nitrogens with zero attached hydrogens (tertiary/aromatic N) is 1. The highest BCUT2D eigenvalue weighted by molar-refractivity contribution is 5.85. The third-order valence-corrected chi connectivity index (χ3v) is 3.39. The minimum Gasteiger partial charge on any atom is -0.497 e. The lowest BCUT2D eigenvalue weighted by molar-refractivity contribution is 0.394. The summed E-state index contributed by atoms with van der Waals surface area (Å²) < 4.78 is 15.8. The first kappa shape index (κ1) is 16.2. The summed E-state index contributed by atoms with van der Waals surface area (Å²) in [6.07, 6.45) is 0. The topological polar surface area (TPSA) is 77.5 Å². The maximum Gasteiger partial charge on any atom is 0.123 e. The maximum absolute atomic E-state index is 9.28. The Morgan fingerprint density at radius 1 is 0.870 bits per heavy atom. The molecule has 2 N–H and O–H groups in total. The molecule has 0 spiro atoms. The van der Waals surface area contributed by atoms with Crippen LogP contribution in [0, 0.1) is 11.3 Å². The van der Waals surface area contributed by atoms with Gasteiger partial charge < -0.3 is 19.9 Å². The highest BCUT2D eigenvalue weighted by Gasteiger charge is 2.13. The van der Waals surface area contributed by atoms with Gasteiger partial charge in [0, 0.05) is 11.6 Å². The van der Waals surface area contributed by atoms with Gasteiger partial charge in [0.05, 0.1) is 21.3 Å². The number of methoxy groups -OCH3 is 3. The molecule has 2 aromatic carbocycles. The third kappa shape index (κ3) is 3.55. The van der Waals surface area contributed by atoms with Crippen LogP contribution in [0.5, 0.6) is 17.2 Å². The molecule has 23 heavy (non-hydrogen) atoms. The molecule has 2 rings (SSSR count). The maximum atomic E-state index is 9.28. The number of nitrogens with two attached hydrogens (primary N) is 1. The summed E-state index contributed by atoms with van der Waals surface area (Å²) in [6.45, 7) is 0. The van der Waals surface area contributed by atoms with Gasteiger partial charge in [-0.25, -0.2) is 0 Å². The second-order valence-electron chi connectivity index (χ2n) is 4.73. The van der Waals surface area contributed by atoms with Crippen LogP contribution in [-0.4, -0.2) is 21.3 Å². The Labute approximate surface area is 135 Å². The standard InChI is InChI=1S/C18H18N2O3/c1-21-14-6-4-5-12(7-14)18(17(20)11-19)13-8-15(22-2)10-16(9-13)23-3/h4-10H,20H2,1-3H3/b18-17-. The molecule has 0 aliphatic heterocycles. The van der Waals surface area contributed by atoms with E-state index in [0.29, 0.717) is 22.8 Å². The number of rotatable bonds is 5. The van der Waals surface area contributed by atoms with E-state index in [9.17, 15) is 5.26 Å². The Balaban J connectivity index is 2.68. The largest absolute Gasteiger partial charge is 0.497 e. The molecule has 5 nitrogen and oxygen atoms in total. The molecule has 0 aromatic heterocycles. The molecule has 0 saturated heterocycles. The van der Waals surface area contributed by atoms with E-state index in [2.05, 4.69) is 0 Å². The predicted molar refractivity (Wildman–Crippen MR) is 88.4 cm³/mol. The van der Waals surface area contributed by atoms with Gasteiger partial charge in [0.25, 0.3) is 0 Å². The molecule has 0 radical (unpaired) electrons. The van der Waals surface area contributed by atoms with Crippen LogP contribution in [0.4, 0.5) is 0 Å². The van der Waals surface area contributed by atoms with Crippen molar-refractivity contribution < 1.29 is 14.2 Å². The fourth-order valence-electron chi connectivity index (χ4n) is 2.26. The summed E-state index contributed by atoms with van der Waals surface area (Å²) in [5.74, 6) is 1.91. The molecule has 0 saturated carbocycles. The van der Waals surface area contributed by atoms with Crippen molar-refractivity contribution in [2.75, 3.05) is 21.3 Å². The first-order valence-electron chi connectivity index (χ1n) is 6.90. The van der Waals surface area contributed by atoms with Gasteiger partial charge >= 0.3 is 0 Å². The lowest BCUT2D eigenvalue weighted by Gasteiger charge is -2.13. The van der Waals surface area contributed by atoms with E-state index in [1.165, 1.54) is 0 Å². The van der Waals surface area contributed by atoms with Crippen LogP contribution in [0.25, 0.3) is 5.57 Å². The van der Waals surface area contributed by atoms with E-state index in [0.717, 1.165) is 11.1 Å². The van der Waals surface area contributed by atoms with Gasteiger partial charge in [0.2, 0.25) is 0 Å². The van der Waals surface area contributed by atoms with E-state index < -0.39 is 0 Å². The minimum atomic E-state index is 0.105. The number of ether oxygens (including phenoxy) is 3. The van der Waals surface area contributed by atoms with Crippen LogP contribution in [0.15, 0.2) is 48.2 Å². The van der Waals surface area contributed by atoms with Crippen LogP contribution >= 0.6 is 0 Å². The Bertz CT molecular complexity index is 754. The summed E-state index contributed by atoms with van der Waals surface area (Å²) in [4.78, 5) is 0. The highest BCUT2D eigenvalue weighted by Crippen LogP contribution is 2.33. The molecule has 0 aliphatic carbocycles. The quantitative estimate of drug-likeness (QED) is 0.859. The molecule has 2 aromatic rings. The zero-order valence-electron chi connectivity index (χ0n) is 13.3. The molecule has 0 heterocycles. The van der Waals surface area contributed by atoms with Crippen molar-refractivity contribution in [2.24, 2.45) is 5.73 Å². The van der Waals surface area contributed by atoms with Gasteiger partial charge in [-0.15, -0.1) is 0 Å². The summed E-state index contributed by atoms with van der Waals surface area (Å²) >= 11 is 0. The molecular formula is C18H18N2O3. The molecule has 0 amide bonds. The Morgan fingerprint density at radius 3 is 1.96 bits per heavy atom. The third-order valence-electron chi connectivity index (χ3n) is 3.39. The molecule has 0 unspecified atom stereocenters. The number of benzene rings is 2. The van der Waals surface area contributed by atoms with Crippen molar-refractivity contribution >= 4 is 5.57 Å². The average molecular weight is 310 g/mol. The van der Waals surface area contributed by atoms with Gasteiger partial charge in [-0.05, 0) is 35.4 Å². The van der Waals surface area contributed by atoms with Crippen molar-refractivity contribution in [3.63, 3.8) is 0 Å². The molecule has 0 atom stereocenters. The lowest BCUT2D eigenvalue weighted by Crippen LogP contribution is -2.02. The van der Waals surface area contributed by atoms with Crippen LogP contribution in [-0.2, 0) is 0 Å². The van der Waals surface area contributed by atoms with Gasteiger partial charge in [0.1, 0.15) is 29.0 Å². The zero-order valence-corrected chi connectivity index (χ0v) is 13.3. The first-order chi connectivity index (χ1) is 11.1. The van der Waals surface area contributed by atoms with Crippen molar-refractivity contribution in [3.8, 4) is 23.3 Å². The van der Waals surface area contributed by atoms with Crippen molar-refractivity contribution in [1.29, 1.82) is 5.26 Å². The second kappa shape index (κ2) is 7.23. The molecule has 118 valence electrons. The number of nitriles is 1. The Morgan fingerprint density at radius 2 is 1.43 bits per heavy atom. The second-order valence-corrected chi connectivity index (χ2v) is 4.73. The van der Waals surface area contributed by atoms with Crippen LogP contribution in [0.1, 0.15) is 11.1 Å². The minimum absolute atomic E-state index is 0.105.